The predicted octanol–water partition coefficient (Wildman–Crippen LogP) is 18.7. The summed E-state index contributed by atoms with van der Waals surface area (Å²) in [5, 5.41) is 13.9. The number of hydrogen-bond acceptors (Lipinski definition) is 5. The van der Waals surface area contributed by atoms with Crippen LogP contribution in [0.25, 0.3) is 0 Å². The first-order chi connectivity index (χ1) is 34.5. The minimum Gasteiger partial charge on any atom is -0.387 e. The van der Waals surface area contributed by atoms with Gasteiger partial charge < -0.3 is 19.8 Å². The molecule has 3 N–H and O–H groups in total. The highest BCUT2D eigenvalue weighted by Crippen LogP contribution is 2.43. The summed E-state index contributed by atoms with van der Waals surface area (Å²) in [4.78, 5) is 23.3. The zero-order valence-electron chi connectivity index (χ0n) is 47.7. The summed E-state index contributed by atoms with van der Waals surface area (Å²) >= 11 is 0. The van der Waals surface area contributed by atoms with E-state index in [1.165, 1.54) is 225 Å². The lowest BCUT2D eigenvalue weighted by atomic mass is 10.0. The Kier molecular flexibility index (Phi) is 52.1. The standard InChI is InChI=1S/C62H119N2O6P/c1-6-8-10-12-14-16-18-20-22-24-26-27-28-29-30-31-32-33-34-35-36-37-38-39-41-43-45-47-49-51-53-55-61(65)60(59-70-71(67,68)69-58-57-64(3,4)5)63-62(66)56-54-52-50-48-46-44-42-40-25-23-21-19-17-15-13-11-9-7-2/h23,25,38-39,45,47,53,55,60-61,65H,6-22,24,26-37,40-44,46,48-52,54,56-59H2,1-5H3,(H-,63,66,67,68)/p+1/b25-23-,39-38+,47-45+,55-53+. The van der Waals surface area contributed by atoms with E-state index >= 15 is 0 Å². The topological polar surface area (TPSA) is 105 Å². The van der Waals surface area contributed by atoms with Crippen LogP contribution in [-0.2, 0) is 18.4 Å². The van der Waals surface area contributed by atoms with Crippen molar-refractivity contribution in [1.29, 1.82) is 0 Å². The lowest BCUT2D eigenvalue weighted by Gasteiger charge is -2.25. The van der Waals surface area contributed by atoms with Gasteiger partial charge in [-0.3, -0.25) is 13.8 Å². The maximum atomic E-state index is 13.0. The first kappa shape index (κ1) is 69.5. The summed E-state index contributed by atoms with van der Waals surface area (Å²) in [5.74, 6) is -0.194. The number of rotatable bonds is 56. The molecular weight excluding hydrogens is 900 g/mol. The molecule has 0 rings (SSSR count). The fraction of sp³-hybridized carbons (Fsp3) is 0.855. The molecule has 0 aromatic heterocycles. The first-order valence-electron chi connectivity index (χ1n) is 30.5. The molecule has 0 spiro atoms. The largest absolute Gasteiger partial charge is 0.472 e. The third-order valence-corrected chi connectivity index (χ3v) is 14.7. The molecule has 8 nitrogen and oxygen atoms in total. The van der Waals surface area contributed by atoms with E-state index in [0.29, 0.717) is 17.4 Å². The lowest BCUT2D eigenvalue weighted by Crippen LogP contribution is -2.45. The Morgan fingerprint density at radius 1 is 0.465 bits per heavy atom. The molecule has 1 amide bonds. The number of carbonyl (C=O) groups excluding carboxylic acids is 1. The Balaban J connectivity index is 4.20. The number of amides is 1. The molecule has 0 saturated carbocycles. The van der Waals surface area contributed by atoms with E-state index in [1.54, 1.807) is 6.08 Å². The molecule has 0 fully saturated rings. The highest BCUT2D eigenvalue weighted by Gasteiger charge is 2.27. The number of likely N-dealkylation sites (N-methyl/N-ethyl adjacent to an activating group) is 1. The second-order valence-corrected chi connectivity index (χ2v) is 23.5. The summed E-state index contributed by atoms with van der Waals surface area (Å²) in [6, 6.07) is -0.873. The molecular formula is C62H120N2O6P+. The fourth-order valence-corrected chi connectivity index (χ4v) is 9.69. The van der Waals surface area contributed by atoms with Crippen molar-refractivity contribution >= 4 is 13.7 Å². The minimum absolute atomic E-state index is 0.0522. The van der Waals surface area contributed by atoms with Crippen LogP contribution >= 0.6 is 7.82 Å². The summed E-state index contributed by atoms with van der Waals surface area (Å²) in [5.41, 5.74) is 0. The van der Waals surface area contributed by atoms with E-state index in [0.717, 1.165) is 44.9 Å². The van der Waals surface area contributed by atoms with Crippen molar-refractivity contribution in [3.8, 4) is 0 Å². The first-order valence-corrected chi connectivity index (χ1v) is 32.0. The van der Waals surface area contributed by atoms with Crippen molar-refractivity contribution in [1.82, 2.24) is 5.32 Å². The number of hydrogen-bond donors (Lipinski definition) is 3. The van der Waals surface area contributed by atoms with E-state index in [2.05, 4.69) is 55.6 Å². The number of phosphoric acid groups is 1. The molecule has 0 heterocycles. The molecule has 0 aliphatic heterocycles. The van der Waals surface area contributed by atoms with Crippen molar-refractivity contribution < 1.29 is 32.9 Å². The van der Waals surface area contributed by atoms with Gasteiger partial charge in [0, 0.05) is 6.42 Å². The zero-order chi connectivity index (χ0) is 52.0. The summed E-state index contributed by atoms with van der Waals surface area (Å²) in [6.45, 7) is 4.81. The van der Waals surface area contributed by atoms with Gasteiger partial charge in [-0.2, -0.15) is 0 Å². The number of carbonyl (C=O) groups is 1. The molecule has 3 unspecified atom stereocenters. The number of phosphoric ester groups is 1. The van der Waals surface area contributed by atoms with Gasteiger partial charge in [0.25, 0.3) is 0 Å². The molecule has 418 valence electrons. The molecule has 9 heteroatoms. The molecule has 3 atom stereocenters. The quantitative estimate of drug-likeness (QED) is 0.0243. The van der Waals surface area contributed by atoms with Gasteiger partial charge in [0.05, 0.1) is 39.9 Å². The van der Waals surface area contributed by atoms with Crippen LogP contribution in [0.1, 0.15) is 290 Å². The average Bonchev–Trinajstić information content (AvgIpc) is 3.33. The molecule has 0 bridgehead atoms. The normalized spacial score (nSPS) is 14.2. The lowest BCUT2D eigenvalue weighted by molar-refractivity contribution is -0.870. The Bertz CT molecular complexity index is 1290. The van der Waals surface area contributed by atoms with Crippen molar-refractivity contribution in [3.05, 3.63) is 48.6 Å². The van der Waals surface area contributed by atoms with Gasteiger partial charge in [0.15, 0.2) is 0 Å². The Morgan fingerprint density at radius 2 is 0.775 bits per heavy atom. The summed E-state index contributed by atoms with van der Waals surface area (Å²) < 4.78 is 23.7. The smallest absolute Gasteiger partial charge is 0.387 e. The molecule has 71 heavy (non-hydrogen) atoms. The highest BCUT2D eigenvalue weighted by atomic mass is 31.2. The van der Waals surface area contributed by atoms with Crippen LogP contribution < -0.4 is 5.32 Å². The predicted molar refractivity (Wildman–Crippen MR) is 309 cm³/mol. The number of unbranched alkanes of at least 4 members (excludes halogenated alkanes) is 37. The zero-order valence-corrected chi connectivity index (χ0v) is 48.6. The minimum atomic E-state index is -4.36. The van der Waals surface area contributed by atoms with Crippen molar-refractivity contribution in [2.24, 2.45) is 0 Å². The molecule has 0 aliphatic rings. The van der Waals surface area contributed by atoms with Gasteiger partial charge in [0.2, 0.25) is 5.91 Å². The van der Waals surface area contributed by atoms with Crippen molar-refractivity contribution in [3.63, 3.8) is 0 Å². The second kappa shape index (κ2) is 53.3. The Labute approximate surface area is 441 Å². The number of nitrogens with one attached hydrogen (secondary N) is 1. The molecule has 0 radical (unpaired) electrons. The van der Waals surface area contributed by atoms with Crippen molar-refractivity contribution in [2.45, 2.75) is 302 Å². The maximum absolute atomic E-state index is 13.0. The Hall–Kier alpha value is -1.54. The van der Waals surface area contributed by atoms with E-state index in [9.17, 15) is 19.4 Å². The van der Waals surface area contributed by atoms with Crippen LogP contribution in [0.4, 0.5) is 0 Å². The van der Waals surface area contributed by atoms with Gasteiger partial charge in [-0.25, -0.2) is 4.57 Å². The van der Waals surface area contributed by atoms with Crippen LogP contribution in [0.5, 0.6) is 0 Å². The van der Waals surface area contributed by atoms with Gasteiger partial charge >= 0.3 is 7.82 Å². The third kappa shape index (κ3) is 56.0. The van der Waals surface area contributed by atoms with E-state index < -0.39 is 20.0 Å². The molecule has 0 aromatic carbocycles. The SMILES string of the molecule is CCCCCCCCC/C=C\CCCCCCCCCC(=O)NC(COP(=O)(O)OCC[N+](C)(C)C)C(O)/C=C/CC/C=C/CC/C=C/CCCCCCCCCCCCCCCCCCCCCCC. The van der Waals surface area contributed by atoms with Gasteiger partial charge in [0.1, 0.15) is 13.2 Å². The fourth-order valence-electron chi connectivity index (χ4n) is 8.95. The number of quaternary nitrogens is 1. The number of aliphatic hydroxyl groups excluding tert-OH is 1. The van der Waals surface area contributed by atoms with Crippen LogP contribution in [0, 0.1) is 0 Å². The number of nitrogens with zero attached hydrogens (tertiary/aromatic N) is 1. The van der Waals surface area contributed by atoms with Gasteiger partial charge in [-0.1, -0.05) is 262 Å². The van der Waals surface area contributed by atoms with Crippen LogP contribution in [-0.4, -0.2) is 73.4 Å². The third-order valence-electron chi connectivity index (χ3n) is 13.7. The highest BCUT2D eigenvalue weighted by molar-refractivity contribution is 7.47. The van der Waals surface area contributed by atoms with Crippen molar-refractivity contribution in [2.75, 3.05) is 40.9 Å². The molecule has 0 saturated heterocycles. The number of allylic oxidation sites excluding steroid dienone is 7. The van der Waals surface area contributed by atoms with E-state index in [-0.39, 0.29) is 19.1 Å². The summed E-state index contributed by atoms with van der Waals surface area (Å²) in [7, 11) is 1.55. The van der Waals surface area contributed by atoms with Gasteiger partial charge in [-0.15, -0.1) is 0 Å². The summed E-state index contributed by atoms with van der Waals surface area (Å²) in [6.07, 6.45) is 71.0. The van der Waals surface area contributed by atoms with Crippen LogP contribution in [0.3, 0.4) is 0 Å². The van der Waals surface area contributed by atoms with Gasteiger partial charge in [-0.05, 0) is 70.6 Å². The van der Waals surface area contributed by atoms with Crippen LogP contribution in [0.2, 0.25) is 0 Å². The molecule has 0 aromatic rings. The number of aliphatic hydroxyl groups is 1. The van der Waals surface area contributed by atoms with E-state index in [1.807, 2.05) is 27.2 Å². The van der Waals surface area contributed by atoms with Crippen LogP contribution in [0.15, 0.2) is 48.6 Å². The van der Waals surface area contributed by atoms with E-state index in [4.69, 9.17) is 9.05 Å². The maximum Gasteiger partial charge on any atom is 0.472 e. The Morgan fingerprint density at radius 3 is 1.13 bits per heavy atom. The average molecular weight is 1020 g/mol. The molecule has 0 aliphatic carbocycles. The monoisotopic (exact) mass is 1020 g/mol. The second-order valence-electron chi connectivity index (χ2n) is 22.1.